The lowest BCUT2D eigenvalue weighted by Crippen LogP contribution is -2.49. The molecule has 2 aromatic rings. The van der Waals surface area contributed by atoms with Crippen molar-refractivity contribution >= 4 is 16.9 Å². The number of piperidine rings is 1. The Hall–Kier alpha value is -1.88. The van der Waals surface area contributed by atoms with Gasteiger partial charge in [-0.25, -0.2) is 4.98 Å². The maximum atomic E-state index is 12.5. The van der Waals surface area contributed by atoms with Gasteiger partial charge in [0.15, 0.2) is 0 Å². The van der Waals surface area contributed by atoms with Crippen molar-refractivity contribution in [2.24, 2.45) is 0 Å². The molecule has 5 heteroatoms. The summed E-state index contributed by atoms with van der Waals surface area (Å²) >= 11 is 0. The summed E-state index contributed by atoms with van der Waals surface area (Å²) in [6.07, 6.45) is 11.0. The van der Waals surface area contributed by atoms with Gasteiger partial charge in [-0.15, -0.1) is 0 Å². The first kappa shape index (κ1) is 16.6. The molecule has 2 aromatic heterocycles. The molecular formula is C20H28N4O. The zero-order valence-electron chi connectivity index (χ0n) is 15.0. The number of H-pyrrole nitrogens is 1. The van der Waals surface area contributed by atoms with Gasteiger partial charge >= 0.3 is 0 Å². The highest BCUT2D eigenvalue weighted by atomic mass is 16.2. The Balaban J connectivity index is 1.35. The molecular weight excluding hydrogens is 312 g/mol. The number of carbonyl (C=O) groups is 1. The summed E-state index contributed by atoms with van der Waals surface area (Å²) in [4.78, 5) is 22.5. The number of likely N-dealkylation sites (tertiary alicyclic amines) is 1. The number of aromatic amines is 1. The molecule has 2 aliphatic rings. The summed E-state index contributed by atoms with van der Waals surface area (Å²) in [5.74, 6) is 0.765. The highest BCUT2D eigenvalue weighted by Crippen LogP contribution is 2.33. The van der Waals surface area contributed by atoms with E-state index in [0.717, 1.165) is 44.4 Å². The largest absolute Gasteiger partial charge is 0.352 e. The predicted molar refractivity (Wildman–Crippen MR) is 99.5 cm³/mol. The maximum absolute atomic E-state index is 12.5. The average molecular weight is 340 g/mol. The average Bonchev–Trinajstić information content (AvgIpc) is 3.31. The van der Waals surface area contributed by atoms with Crippen molar-refractivity contribution in [1.82, 2.24) is 20.2 Å². The second-order valence-corrected chi connectivity index (χ2v) is 7.62. The molecule has 2 fully saturated rings. The fourth-order valence-electron chi connectivity index (χ4n) is 4.47. The second kappa shape index (κ2) is 7.16. The van der Waals surface area contributed by atoms with E-state index in [1.54, 1.807) is 0 Å². The van der Waals surface area contributed by atoms with Crippen molar-refractivity contribution in [2.45, 2.75) is 63.5 Å². The number of aromatic nitrogens is 2. The van der Waals surface area contributed by atoms with Crippen molar-refractivity contribution < 1.29 is 4.79 Å². The van der Waals surface area contributed by atoms with Crippen LogP contribution in [0.25, 0.3) is 11.0 Å². The third-order valence-corrected chi connectivity index (χ3v) is 6.08. The summed E-state index contributed by atoms with van der Waals surface area (Å²) in [7, 11) is 0. The number of carbonyl (C=O) groups excluding carboxylic acids is 1. The van der Waals surface area contributed by atoms with Crippen molar-refractivity contribution in [3.63, 3.8) is 0 Å². The predicted octanol–water partition coefficient (Wildman–Crippen LogP) is 3.19. The van der Waals surface area contributed by atoms with Gasteiger partial charge in [0, 0.05) is 23.8 Å². The van der Waals surface area contributed by atoms with Gasteiger partial charge in [0.2, 0.25) is 5.91 Å². The van der Waals surface area contributed by atoms with Crippen LogP contribution in [0.2, 0.25) is 0 Å². The summed E-state index contributed by atoms with van der Waals surface area (Å²) in [5, 5.41) is 4.49. The molecule has 3 heterocycles. The van der Waals surface area contributed by atoms with Crippen LogP contribution in [0.5, 0.6) is 0 Å². The first-order chi connectivity index (χ1) is 12.2. The number of hydrogen-bond donors (Lipinski definition) is 2. The summed E-state index contributed by atoms with van der Waals surface area (Å²) < 4.78 is 0. The lowest BCUT2D eigenvalue weighted by molar-refractivity contribution is -0.127. The highest BCUT2D eigenvalue weighted by molar-refractivity contribution is 5.82. The molecule has 134 valence electrons. The number of fused-ring (bicyclic) bond motifs is 1. The van der Waals surface area contributed by atoms with E-state index in [9.17, 15) is 4.79 Å². The van der Waals surface area contributed by atoms with Gasteiger partial charge in [0.25, 0.3) is 0 Å². The van der Waals surface area contributed by atoms with Gasteiger partial charge in [0.1, 0.15) is 5.65 Å². The zero-order valence-corrected chi connectivity index (χ0v) is 15.0. The van der Waals surface area contributed by atoms with Crippen LogP contribution >= 0.6 is 0 Å². The minimum Gasteiger partial charge on any atom is -0.352 e. The van der Waals surface area contributed by atoms with E-state index < -0.39 is 0 Å². The molecule has 1 aliphatic heterocycles. The van der Waals surface area contributed by atoms with E-state index in [-0.39, 0.29) is 11.9 Å². The standard InChI is InChI=1S/C20H28N4O/c1-14(20(25)23-16-5-2-3-6-16)24-11-8-15(9-12-24)18-13-22-19-17(18)7-4-10-21-19/h4,7,10,13-16H,2-3,5-6,8-9,11-12H2,1H3,(H,21,22)(H,23,25)/t14-/m1/s1. The minimum atomic E-state index is -0.0221. The Bertz CT molecular complexity index is 726. The van der Waals surface area contributed by atoms with Crippen LogP contribution in [0.4, 0.5) is 0 Å². The molecule has 1 saturated carbocycles. The minimum absolute atomic E-state index is 0.0221. The summed E-state index contributed by atoms with van der Waals surface area (Å²) in [6.45, 7) is 4.02. The van der Waals surface area contributed by atoms with Gasteiger partial charge in [-0.1, -0.05) is 12.8 Å². The van der Waals surface area contributed by atoms with Gasteiger partial charge in [-0.2, -0.15) is 0 Å². The number of pyridine rings is 1. The number of amides is 1. The lowest BCUT2D eigenvalue weighted by Gasteiger charge is -2.35. The van der Waals surface area contributed by atoms with Crippen molar-refractivity contribution in [3.8, 4) is 0 Å². The van der Waals surface area contributed by atoms with E-state index in [2.05, 4.69) is 39.4 Å². The number of hydrogen-bond acceptors (Lipinski definition) is 3. The van der Waals surface area contributed by atoms with Crippen molar-refractivity contribution in [1.29, 1.82) is 0 Å². The van der Waals surface area contributed by atoms with Crippen LogP contribution < -0.4 is 5.32 Å². The van der Waals surface area contributed by atoms with E-state index in [1.165, 1.54) is 23.8 Å². The van der Waals surface area contributed by atoms with Gasteiger partial charge < -0.3 is 10.3 Å². The Morgan fingerprint density at radius 3 is 2.80 bits per heavy atom. The molecule has 5 nitrogen and oxygen atoms in total. The van der Waals surface area contributed by atoms with Crippen LogP contribution in [0.3, 0.4) is 0 Å². The third kappa shape index (κ3) is 3.43. The fourth-order valence-corrected chi connectivity index (χ4v) is 4.47. The molecule has 1 amide bonds. The van der Waals surface area contributed by atoms with Crippen molar-refractivity contribution in [3.05, 3.63) is 30.1 Å². The third-order valence-electron chi connectivity index (χ3n) is 6.08. The van der Waals surface area contributed by atoms with Crippen LogP contribution in [-0.4, -0.2) is 45.9 Å². The molecule has 25 heavy (non-hydrogen) atoms. The molecule has 0 spiro atoms. The molecule has 1 saturated heterocycles. The molecule has 0 bridgehead atoms. The monoisotopic (exact) mass is 340 g/mol. The fraction of sp³-hybridized carbons (Fsp3) is 0.600. The van der Waals surface area contributed by atoms with E-state index >= 15 is 0 Å². The van der Waals surface area contributed by atoms with Crippen LogP contribution in [0, 0.1) is 0 Å². The Morgan fingerprint density at radius 2 is 2.04 bits per heavy atom. The SMILES string of the molecule is C[C@H](C(=O)NC1CCCC1)N1CCC(c2c[nH]c3ncccc23)CC1. The zero-order chi connectivity index (χ0) is 17.2. The summed E-state index contributed by atoms with van der Waals surface area (Å²) in [5.41, 5.74) is 2.36. The van der Waals surface area contributed by atoms with E-state index in [0.29, 0.717) is 12.0 Å². The van der Waals surface area contributed by atoms with Crippen molar-refractivity contribution in [2.75, 3.05) is 13.1 Å². The molecule has 0 unspecified atom stereocenters. The van der Waals surface area contributed by atoms with Crippen LogP contribution in [0.1, 0.15) is 56.9 Å². The van der Waals surface area contributed by atoms with E-state index in [4.69, 9.17) is 0 Å². The van der Waals surface area contributed by atoms with Gasteiger partial charge in [-0.05, 0) is 69.3 Å². The highest BCUT2D eigenvalue weighted by Gasteiger charge is 2.29. The second-order valence-electron chi connectivity index (χ2n) is 7.62. The molecule has 2 N–H and O–H groups in total. The van der Waals surface area contributed by atoms with Gasteiger partial charge in [0.05, 0.1) is 6.04 Å². The molecule has 0 radical (unpaired) electrons. The summed E-state index contributed by atoms with van der Waals surface area (Å²) in [6, 6.07) is 4.54. The number of nitrogens with zero attached hydrogens (tertiary/aromatic N) is 2. The normalized spacial score (nSPS) is 21.6. The lowest BCUT2D eigenvalue weighted by atomic mass is 9.89. The Morgan fingerprint density at radius 1 is 1.28 bits per heavy atom. The number of nitrogens with one attached hydrogen (secondary N) is 2. The van der Waals surface area contributed by atoms with Gasteiger partial charge in [-0.3, -0.25) is 9.69 Å². The maximum Gasteiger partial charge on any atom is 0.237 e. The Labute approximate surface area is 149 Å². The Kier molecular flexibility index (Phi) is 4.75. The molecule has 0 aromatic carbocycles. The first-order valence-electron chi connectivity index (χ1n) is 9.69. The van der Waals surface area contributed by atoms with Crippen LogP contribution in [0.15, 0.2) is 24.5 Å². The van der Waals surface area contributed by atoms with E-state index in [1.807, 2.05) is 12.3 Å². The molecule has 1 aliphatic carbocycles. The smallest absolute Gasteiger partial charge is 0.237 e. The topological polar surface area (TPSA) is 61.0 Å². The quantitative estimate of drug-likeness (QED) is 0.898. The molecule has 1 atom stereocenters. The number of rotatable bonds is 4. The first-order valence-corrected chi connectivity index (χ1v) is 9.69. The van der Waals surface area contributed by atoms with Crippen LogP contribution in [-0.2, 0) is 4.79 Å². The molecule has 4 rings (SSSR count).